The van der Waals surface area contributed by atoms with E-state index in [9.17, 15) is 14.4 Å². The lowest BCUT2D eigenvalue weighted by Gasteiger charge is -2.22. The number of ether oxygens (including phenoxy) is 2. The van der Waals surface area contributed by atoms with Crippen LogP contribution in [0.3, 0.4) is 0 Å². The molecule has 0 heterocycles. The van der Waals surface area contributed by atoms with Crippen LogP contribution in [-0.4, -0.2) is 56.1 Å². The minimum atomic E-state index is -0.674. The molecule has 0 spiro atoms. The van der Waals surface area contributed by atoms with E-state index in [4.69, 9.17) is 9.47 Å². The number of nitrogens with one attached hydrogen (secondary N) is 1. The van der Waals surface area contributed by atoms with E-state index in [1.54, 1.807) is 24.1 Å². The second kappa shape index (κ2) is 11.7. The Hall–Kier alpha value is -3.19. The third kappa shape index (κ3) is 7.33. The van der Waals surface area contributed by atoms with Gasteiger partial charge in [0, 0.05) is 25.8 Å². The second-order valence-corrected chi connectivity index (χ2v) is 6.94. The second-order valence-electron chi connectivity index (χ2n) is 6.94. The molecule has 1 N–H and O–H groups in total. The number of benzene rings is 2. The van der Waals surface area contributed by atoms with Gasteiger partial charge in [0.25, 0.3) is 11.8 Å². The van der Waals surface area contributed by atoms with Crippen molar-refractivity contribution < 1.29 is 23.9 Å². The van der Waals surface area contributed by atoms with Crippen LogP contribution in [-0.2, 0) is 25.6 Å². The predicted molar refractivity (Wildman–Crippen MR) is 113 cm³/mol. The van der Waals surface area contributed by atoms with Crippen LogP contribution in [0.4, 0.5) is 0 Å². The average Bonchev–Trinajstić information content (AvgIpc) is 2.75. The Kier molecular flexibility index (Phi) is 9.03. The molecule has 2 aromatic carbocycles. The topological polar surface area (TPSA) is 84.9 Å². The molecule has 0 aliphatic rings. The Morgan fingerprint density at radius 2 is 1.73 bits per heavy atom. The van der Waals surface area contributed by atoms with Crippen molar-refractivity contribution in [1.82, 2.24) is 10.2 Å². The van der Waals surface area contributed by atoms with Crippen LogP contribution in [0.5, 0.6) is 0 Å². The molecular formula is C23H28N2O5. The zero-order valence-corrected chi connectivity index (χ0v) is 17.6. The largest absolute Gasteiger partial charge is 0.454 e. The van der Waals surface area contributed by atoms with E-state index in [0.29, 0.717) is 25.3 Å². The van der Waals surface area contributed by atoms with Crippen molar-refractivity contribution in [2.45, 2.75) is 20.4 Å². The van der Waals surface area contributed by atoms with Crippen LogP contribution in [0.15, 0.2) is 48.5 Å². The van der Waals surface area contributed by atoms with Crippen LogP contribution >= 0.6 is 0 Å². The molecule has 0 bridgehead atoms. The normalized spacial score (nSPS) is 10.4. The minimum Gasteiger partial charge on any atom is -0.454 e. The number of carbonyl (C=O) groups excluding carboxylic acids is 3. The summed E-state index contributed by atoms with van der Waals surface area (Å²) < 4.78 is 10.1. The fourth-order valence-corrected chi connectivity index (χ4v) is 2.72. The third-order valence-electron chi connectivity index (χ3n) is 4.65. The maximum Gasteiger partial charge on any atom is 0.325 e. The quantitative estimate of drug-likeness (QED) is 0.605. The number of hydrogen-bond acceptors (Lipinski definition) is 5. The summed E-state index contributed by atoms with van der Waals surface area (Å²) in [6, 6.07) is 14.8. The van der Waals surface area contributed by atoms with Crippen molar-refractivity contribution in [1.29, 1.82) is 0 Å². The number of esters is 1. The first kappa shape index (κ1) is 23.1. The summed E-state index contributed by atoms with van der Waals surface area (Å²) >= 11 is 0. The molecule has 0 aromatic heterocycles. The maximum atomic E-state index is 12.5. The lowest BCUT2D eigenvalue weighted by atomic mass is 10.1. The lowest BCUT2D eigenvalue weighted by molar-refractivity contribution is -0.151. The van der Waals surface area contributed by atoms with Gasteiger partial charge in [-0.25, -0.2) is 0 Å². The summed E-state index contributed by atoms with van der Waals surface area (Å²) in [5.41, 5.74) is 3.51. The van der Waals surface area contributed by atoms with Gasteiger partial charge in [-0.15, -0.1) is 0 Å². The SMILES string of the molecule is COCCN(Cc1ccccc1)C(=O)COC(=O)CNC(=O)c1ccc(C)c(C)c1. The number of hydrogen-bond donors (Lipinski definition) is 1. The molecule has 0 aliphatic carbocycles. The molecule has 0 unspecified atom stereocenters. The van der Waals surface area contributed by atoms with Crippen LogP contribution in [0.25, 0.3) is 0 Å². The van der Waals surface area contributed by atoms with E-state index in [0.717, 1.165) is 16.7 Å². The number of methoxy groups -OCH3 is 1. The van der Waals surface area contributed by atoms with E-state index in [1.807, 2.05) is 50.2 Å². The third-order valence-corrected chi connectivity index (χ3v) is 4.65. The van der Waals surface area contributed by atoms with Crippen molar-refractivity contribution in [2.24, 2.45) is 0 Å². The van der Waals surface area contributed by atoms with Gasteiger partial charge in [-0.2, -0.15) is 0 Å². The first-order valence-corrected chi connectivity index (χ1v) is 9.72. The highest BCUT2D eigenvalue weighted by Crippen LogP contribution is 2.09. The van der Waals surface area contributed by atoms with Gasteiger partial charge in [0.1, 0.15) is 6.54 Å². The van der Waals surface area contributed by atoms with E-state index < -0.39 is 12.6 Å². The van der Waals surface area contributed by atoms with Gasteiger partial charge in [0.2, 0.25) is 0 Å². The molecule has 7 nitrogen and oxygen atoms in total. The Bertz CT molecular complexity index is 867. The molecule has 0 saturated carbocycles. The zero-order chi connectivity index (χ0) is 21.9. The fourth-order valence-electron chi connectivity index (χ4n) is 2.72. The molecule has 0 fully saturated rings. The molecule has 2 rings (SSSR count). The number of carbonyl (C=O) groups is 3. The summed E-state index contributed by atoms with van der Waals surface area (Å²) in [7, 11) is 1.56. The highest BCUT2D eigenvalue weighted by molar-refractivity contribution is 5.96. The summed E-state index contributed by atoms with van der Waals surface area (Å²) in [4.78, 5) is 38.2. The molecule has 30 heavy (non-hydrogen) atoms. The number of rotatable bonds is 10. The molecule has 160 valence electrons. The van der Waals surface area contributed by atoms with Crippen molar-refractivity contribution >= 4 is 17.8 Å². The molecule has 2 amide bonds. The monoisotopic (exact) mass is 412 g/mol. The summed E-state index contributed by atoms with van der Waals surface area (Å²) in [6.07, 6.45) is 0. The predicted octanol–water partition coefficient (Wildman–Crippen LogP) is 2.25. The van der Waals surface area contributed by atoms with Gasteiger partial charge in [-0.3, -0.25) is 14.4 Å². The highest BCUT2D eigenvalue weighted by atomic mass is 16.5. The summed E-state index contributed by atoms with van der Waals surface area (Å²) in [5.74, 6) is -1.37. The average molecular weight is 412 g/mol. The van der Waals surface area contributed by atoms with Gasteiger partial charge in [0.15, 0.2) is 6.61 Å². The van der Waals surface area contributed by atoms with Gasteiger partial charge in [-0.05, 0) is 42.7 Å². The Morgan fingerprint density at radius 1 is 1.00 bits per heavy atom. The Morgan fingerprint density at radius 3 is 2.40 bits per heavy atom. The molecule has 7 heteroatoms. The van der Waals surface area contributed by atoms with Crippen molar-refractivity contribution in [3.63, 3.8) is 0 Å². The van der Waals surface area contributed by atoms with E-state index in [1.165, 1.54) is 0 Å². The fraction of sp³-hybridized carbons (Fsp3) is 0.348. The van der Waals surface area contributed by atoms with Crippen molar-refractivity contribution in [3.05, 3.63) is 70.8 Å². The van der Waals surface area contributed by atoms with E-state index in [-0.39, 0.29) is 18.4 Å². The standard InChI is InChI=1S/C23H28N2O5/c1-17-9-10-20(13-18(17)2)23(28)24-14-22(27)30-16-21(26)25(11-12-29-3)15-19-7-5-4-6-8-19/h4-10,13H,11-12,14-16H2,1-3H3,(H,24,28). The van der Waals surface area contributed by atoms with Gasteiger partial charge < -0.3 is 19.7 Å². The van der Waals surface area contributed by atoms with Crippen LogP contribution < -0.4 is 5.32 Å². The maximum absolute atomic E-state index is 12.5. The molecule has 0 saturated heterocycles. The van der Waals surface area contributed by atoms with Crippen molar-refractivity contribution in [3.8, 4) is 0 Å². The van der Waals surface area contributed by atoms with Gasteiger partial charge >= 0.3 is 5.97 Å². The Balaban J connectivity index is 1.82. The van der Waals surface area contributed by atoms with Crippen LogP contribution in [0, 0.1) is 13.8 Å². The summed E-state index contributed by atoms with van der Waals surface area (Å²) in [5, 5.41) is 2.51. The lowest BCUT2D eigenvalue weighted by Crippen LogP contribution is -2.38. The van der Waals surface area contributed by atoms with E-state index in [2.05, 4.69) is 5.32 Å². The van der Waals surface area contributed by atoms with Crippen LogP contribution in [0.1, 0.15) is 27.0 Å². The van der Waals surface area contributed by atoms with Gasteiger partial charge in [-0.1, -0.05) is 36.4 Å². The van der Waals surface area contributed by atoms with E-state index >= 15 is 0 Å². The number of amides is 2. The zero-order valence-electron chi connectivity index (χ0n) is 17.6. The highest BCUT2D eigenvalue weighted by Gasteiger charge is 2.17. The molecular weight excluding hydrogens is 384 g/mol. The molecule has 2 aromatic rings. The first-order chi connectivity index (χ1) is 14.4. The molecule has 0 atom stereocenters. The Labute approximate surface area is 177 Å². The molecule has 0 aliphatic heterocycles. The van der Waals surface area contributed by atoms with Crippen LogP contribution in [0.2, 0.25) is 0 Å². The number of nitrogens with zero attached hydrogens (tertiary/aromatic N) is 1. The molecule has 0 radical (unpaired) electrons. The smallest absolute Gasteiger partial charge is 0.325 e. The van der Waals surface area contributed by atoms with Gasteiger partial charge in [0.05, 0.1) is 6.61 Å². The first-order valence-electron chi connectivity index (χ1n) is 9.72. The van der Waals surface area contributed by atoms with Crippen molar-refractivity contribution in [2.75, 3.05) is 33.4 Å². The summed E-state index contributed by atoms with van der Waals surface area (Å²) in [6.45, 7) is 4.31. The minimum absolute atomic E-state index is 0.310. The number of aryl methyl sites for hydroxylation is 2.